The molecule has 0 atom stereocenters. The Kier molecular flexibility index (Phi) is 5.77. The Labute approximate surface area is 130 Å². The summed E-state index contributed by atoms with van der Waals surface area (Å²) in [5.41, 5.74) is 1.70. The van der Waals surface area contributed by atoms with Gasteiger partial charge in [0.2, 0.25) is 5.91 Å². The zero-order chi connectivity index (χ0) is 15.8. The number of carbonyl (C=O) groups is 1. The fraction of sp³-hybridized carbons (Fsp3) is 0.294. The summed E-state index contributed by atoms with van der Waals surface area (Å²) in [5.74, 6) is 1.32. The summed E-state index contributed by atoms with van der Waals surface area (Å²) < 4.78 is 5.29. The molecule has 0 saturated carbocycles. The van der Waals surface area contributed by atoms with E-state index in [4.69, 9.17) is 4.74 Å². The predicted octanol–water partition coefficient (Wildman–Crippen LogP) is 3.96. The van der Waals surface area contributed by atoms with Crippen LogP contribution in [0.2, 0.25) is 0 Å². The lowest BCUT2D eigenvalue weighted by molar-refractivity contribution is -0.116. The molecule has 1 heterocycles. The van der Waals surface area contributed by atoms with Gasteiger partial charge in [-0.3, -0.25) is 4.79 Å². The van der Waals surface area contributed by atoms with Crippen molar-refractivity contribution >= 4 is 23.1 Å². The monoisotopic (exact) mass is 299 g/mol. The average molecular weight is 299 g/mol. The molecule has 5 heteroatoms. The third kappa shape index (κ3) is 4.48. The van der Waals surface area contributed by atoms with E-state index in [9.17, 15) is 4.79 Å². The first-order valence-electron chi connectivity index (χ1n) is 7.39. The molecule has 0 saturated heterocycles. The minimum atomic E-state index is -0.000196. The van der Waals surface area contributed by atoms with E-state index < -0.39 is 0 Å². The SMILES string of the molecule is CCCCC(=O)Nc1ccc(Nc2ccccc2OC)cn1. The number of carbonyl (C=O) groups excluding carboxylic acids is 1. The van der Waals surface area contributed by atoms with Gasteiger partial charge >= 0.3 is 0 Å². The quantitative estimate of drug-likeness (QED) is 0.812. The highest BCUT2D eigenvalue weighted by atomic mass is 16.5. The van der Waals surface area contributed by atoms with E-state index in [1.165, 1.54) is 0 Å². The first-order chi connectivity index (χ1) is 10.7. The van der Waals surface area contributed by atoms with Gasteiger partial charge in [-0.1, -0.05) is 25.5 Å². The molecule has 5 nitrogen and oxygen atoms in total. The normalized spacial score (nSPS) is 10.1. The number of hydrogen-bond donors (Lipinski definition) is 2. The van der Waals surface area contributed by atoms with Crippen LogP contribution in [-0.4, -0.2) is 18.0 Å². The maximum absolute atomic E-state index is 11.6. The van der Waals surface area contributed by atoms with Gasteiger partial charge in [-0.05, 0) is 30.7 Å². The summed E-state index contributed by atoms with van der Waals surface area (Å²) in [7, 11) is 1.63. The average Bonchev–Trinajstić information content (AvgIpc) is 2.55. The van der Waals surface area contributed by atoms with Gasteiger partial charge in [0.25, 0.3) is 0 Å². The smallest absolute Gasteiger partial charge is 0.225 e. The number of benzene rings is 1. The molecule has 2 aromatic rings. The van der Waals surface area contributed by atoms with E-state index in [1.54, 1.807) is 19.4 Å². The number of nitrogens with one attached hydrogen (secondary N) is 2. The molecule has 1 aromatic carbocycles. The van der Waals surface area contributed by atoms with Gasteiger partial charge in [0.05, 0.1) is 24.7 Å². The summed E-state index contributed by atoms with van der Waals surface area (Å²) in [6.45, 7) is 2.06. The van der Waals surface area contributed by atoms with Crippen molar-refractivity contribution in [3.8, 4) is 5.75 Å². The van der Waals surface area contributed by atoms with E-state index in [1.807, 2.05) is 30.3 Å². The fourth-order valence-electron chi connectivity index (χ4n) is 1.99. The van der Waals surface area contributed by atoms with Gasteiger partial charge in [-0.15, -0.1) is 0 Å². The number of aromatic nitrogens is 1. The van der Waals surface area contributed by atoms with Crippen LogP contribution >= 0.6 is 0 Å². The minimum Gasteiger partial charge on any atom is -0.495 e. The van der Waals surface area contributed by atoms with Crippen LogP contribution in [0.3, 0.4) is 0 Å². The molecule has 0 fully saturated rings. The minimum absolute atomic E-state index is 0.000196. The van der Waals surface area contributed by atoms with Crippen LogP contribution in [0.4, 0.5) is 17.2 Å². The highest BCUT2D eigenvalue weighted by Crippen LogP contribution is 2.26. The van der Waals surface area contributed by atoms with Gasteiger partial charge in [0, 0.05) is 6.42 Å². The first-order valence-corrected chi connectivity index (χ1v) is 7.39. The van der Waals surface area contributed by atoms with Crippen LogP contribution in [0.1, 0.15) is 26.2 Å². The molecule has 0 bridgehead atoms. The zero-order valence-corrected chi connectivity index (χ0v) is 12.9. The Hall–Kier alpha value is -2.56. The second-order valence-electron chi connectivity index (χ2n) is 4.91. The van der Waals surface area contributed by atoms with Crippen LogP contribution in [0.5, 0.6) is 5.75 Å². The number of para-hydroxylation sites is 2. The first kappa shape index (κ1) is 15.8. The van der Waals surface area contributed by atoms with Gasteiger partial charge < -0.3 is 15.4 Å². The van der Waals surface area contributed by atoms with Crippen molar-refractivity contribution < 1.29 is 9.53 Å². The Morgan fingerprint density at radius 1 is 1.23 bits per heavy atom. The molecule has 0 aliphatic rings. The lowest BCUT2D eigenvalue weighted by Gasteiger charge is -2.11. The Morgan fingerprint density at radius 3 is 2.73 bits per heavy atom. The van der Waals surface area contributed by atoms with Gasteiger partial charge in [-0.25, -0.2) is 4.98 Å². The van der Waals surface area contributed by atoms with Crippen molar-refractivity contribution in [1.29, 1.82) is 0 Å². The molecular weight excluding hydrogens is 278 g/mol. The lowest BCUT2D eigenvalue weighted by atomic mass is 10.2. The highest BCUT2D eigenvalue weighted by molar-refractivity contribution is 5.89. The number of ether oxygens (including phenoxy) is 1. The van der Waals surface area contributed by atoms with E-state index >= 15 is 0 Å². The largest absolute Gasteiger partial charge is 0.495 e. The van der Waals surface area contributed by atoms with E-state index in [0.29, 0.717) is 12.2 Å². The Balaban J connectivity index is 1.98. The maximum atomic E-state index is 11.6. The Bertz CT molecular complexity index is 612. The van der Waals surface area contributed by atoms with Crippen LogP contribution in [0.25, 0.3) is 0 Å². The summed E-state index contributed by atoms with van der Waals surface area (Å²) in [6, 6.07) is 11.3. The van der Waals surface area contributed by atoms with Crippen LogP contribution in [-0.2, 0) is 4.79 Å². The molecule has 0 aliphatic carbocycles. The van der Waals surface area contributed by atoms with Crippen molar-refractivity contribution in [2.45, 2.75) is 26.2 Å². The summed E-state index contributed by atoms with van der Waals surface area (Å²) in [5, 5.41) is 6.03. The van der Waals surface area contributed by atoms with Crippen LogP contribution < -0.4 is 15.4 Å². The molecular formula is C17H21N3O2. The molecule has 0 aliphatic heterocycles. The molecule has 1 aromatic heterocycles. The molecule has 0 spiro atoms. The second kappa shape index (κ2) is 8.02. The lowest BCUT2D eigenvalue weighted by Crippen LogP contribution is -2.12. The molecule has 2 N–H and O–H groups in total. The highest BCUT2D eigenvalue weighted by Gasteiger charge is 2.04. The summed E-state index contributed by atoms with van der Waals surface area (Å²) >= 11 is 0. The van der Waals surface area contributed by atoms with Crippen molar-refractivity contribution in [2.24, 2.45) is 0 Å². The number of methoxy groups -OCH3 is 1. The number of amides is 1. The van der Waals surface area contributed by atoms with Gasteiger partial charge in [0.15, 0.2) is 0 Å². The number of nitrogens with zero attached hydrogens (tertiary/aromatic N) is 1. The standard InChI is InChI=1S/C17H21N3O2/c1-3-4-9-17(21)20-16-11-10-13(12-18-16)19-14-7-5-6-8-15(14)22-2/h5-8,10-12,19H,3-4,9H2,1-2H3,(H,18,20,21). The fourth-order valence-corrected chi connectivity index (χ4v) is 1.99. The van der Waals surface area contributed by atoms with E-state index in [-0.39, 0.29) is 5.91 Å². The third-order valence-electron chi connectivity index (χ3n) is 3.17. The summed E-state index contributed by atoms with van der Waals surface area (Å²) in [4.78, 5) is 15.9. The molecule has 0 unspecified atom stereocenters. The maximum Gasteiger partial charge on any atom is 0.225 e. The molecule has 0 radical (unpaired) electrons. The van der Waals surface area contributed by atoms with Crippen molar-refractivity contribution in [3.05, 3.63) is 42.6 Å². The topological polar surface area (TPSA) is 63.2 Å². The molecule has 116 valence electrons. The van der Waals surface area contributed by atoms with Crippen LogP contribution in [0.15, 0.2) is 42.6 Å². The summed E-state index contributed by atoms with van der Waals surface area (Å²) in [6.07, 6.45) is 4.10. The number of unbranched alkanes of at least 4 members (excludes halogenated alkanes) is 1. The zero-order valence-electron chi connectivity index (χ0n) is 12.9. The number of anilines is 3. The molecule has 1 amide bonds. The van der Waals surface area contributed by atoms with Gasteiger partial charge in [0.1, 0.15) is 11.6 Å². The Morgan fingerprint density at radius 2 is 2.05 bits per heavy atom. The molecule has 22 heavy (non-hydrogen) atoms. The molecule has 2 rings (SSSR count). The van der Waals surface area contributed by atoms with E-state index in [2.05, 4.69) is 22.5 Å². The van der Waals surface area contributed by atoms with E-state index in [0.717, 1.165) is 30.0 Å². The predicted molar refractivity (Wildman–Crippen MR) is 88.7 cm³/mol. The van der Waals surface area contributed by atoms with Crippen molar-refractivity contribution in [1.82, 2.24) is 4.98 Å². The van der Waals surface area contributed by atoms with Crippen molar-refractivity contribution in [3.63, 3.8) is 0 Å². The number of hydrogen-bond acceptors (Lipinski definition) is 4. The van der Waals surface area contributed by atoms with Crippen molar-refractivity contribution in [2.75, 3.05) is 17.7 Å². The number of rotatable bonds is 7. The second-order valence-corrected chi connectivity index (χ2v) is 4.91. The van der Waals surface area contributed by atoms with Gasteiger partial charge in [-0.2, -0.15) is 0 Å². The number of pyridine rings is 1. The van der Waals surface area contributed by atoms with Crippen LogP contribution in [0, 0.1) is 0 Å². The third-order valence-corrected chi connectivity index (χ3v) is 3.17.